The Kier molecular flexibility index (Phi) is 7.17. The summed E-state index contributed by atoms with van der Waals surface area (Å²) in [4.78, 5) is 28.6. The van der Waals surface area contributed by atoms with Crippen LogP contribution in [0.1, 0.15) is 18.4 Å². The second-order valence-electron chi connectivity index (χ2n) is 6.90. The molecular weight excluding hydrogens is 354 g/mol. The summed E-state index contributed by atoms with van der Waals surface area (Å²) in [6.45, 7) is 2.83. The first kappa shape index (κ1) is 20.0. The highest BCUT2D eigenvalue weighted by molar-refractivity contribution is 6.02. The zero-order valence-corrected chi connectivity index (χ0v) is 16.3. The SMILES string of the molecule is COCCN(CC(=O)Nc1ccccc1N1CCCC1=O)Cc1ccccc1. The van der Waals surface area contributed by atoms with Gasteiger partial charge in [-0.05, 0) is 24.1 Å². The molecule has 6 nitrogen and oxygen atoms in total. The molecule has 0 radical (unpaired) electrons. The second-order valence-corrected chi connectivity index (χ2v) is 6.90. The van der Waals surface area contributed by atoms with Crippen molar-refractivity contribution in [3.8, 4) is 0 Å². The summed E-state index contributed by atoms with van der Waals surface area (Å²) < 4.78 is 5.19. The fourth-order valence-corrected chi connectivity index (χ4v) is 3.39. The van der Waals surface area contributed by atoms with Crippen molar-refractivity contribution in [1.82, 2.24) is 4.90 Å². The van der Waals surface area contributed by atoms with E-state index in [1.165, 1.54) is 0 Å². The molecule has 1 fully saturated rings. The summed E-state index contributed by atoms with van der Waals surface area (Å²) in [6, 6.07) is 17.5. The van der Waals surface area contributed by atoms with Crippen molar-refractivity contribution in [3.63, 3.8) is 0 Å². The Morgan fingerprint density at radius 1 is 1.14 bits per heavy atom. The molecule has 2 aromatic carbocycles. The number of hydrogen-bond acceptors (Lipinski definition) is 4. The van der Waals surface area contributed by atoms with Crippen molar-refractivity contribution < 1.29 is 14.3 Å². The highest BCUT2D eigenvalue weighted by Gasteiger charge is 2.24. The van der Waals surface area contributed by atoms with E-state index in [-0.39, 0.29) is 18.4 Å². The summed E-state index contributed by atoms with van der Waals surface area (Å²) in [6.07, 6.45) is 1.41. The lowest BCUT2D eigenvalue weighted by Crippen LogP contribution is -2.35. The summed E-state index contributed by atoms with van der Waals surface area (Å²) in [7, 11) is 1.66. The van der Waals surface area contributed by atoms with E-state index in [1.54, 1.807) is 12.0 Å². The Morgan fingerprint density at radius 3 is 2.61 bits per heavy atom. The first-order valence-corrected chi connectivity index (χ1v) is 9.62. The number of ether oxygens (including phenoxy) is 1. The highest BCUT2D eigenvalue weighted by Crippen LogP contribution is 2.29. The first-order chi connectivity index (χ1) is 13.7. The van der Waals surface area contributed by atoms with Crippen molar-refractivity contribution >= 4 is 23.2 Å². The number of carbonyl (C=O) groups excluding carboxylic acids is 2. The van der Waals surface area contributed by atoms with Gasteiger partial charge in [0.25, 0.3) is 0 Å². The Morgan fingerprint density at radius 2 is 1.89 bits per heavy atom. The molecule has 2 aromatic rings. The predicted molar refractivity (Wildman–Crippen MR) is 110 cm³/mol. The van der Waals surface area contributed by atoms with Gasteiger partial charge < -0.3 is 15.0 Å². The number of nitrogens with zero attached hydrogens (tertiary/aromatic N) is 2. The molecule has 1 saturated heterocycles. The van der Waals surface area contributed by atoms with E-state index in [4.69, 9.17) is 4.74 Å². The van der Waals surface area contributed by atoms with Crippen molar-refractivity contribution in [1.29, 1.82) is 0 Å². The second kappa shape index (κ2) is 10.0. The molecule has 6 heteroatoms. The third-order valence-electron chi connectivity index (χ3n) is 4.77. The lowest BCUT2D eigenvalue weighted by Gasteiger charge is -2.23. The molecular formula is C22H27N3O3. The summed E-state index contributed by atoms with van der Waals surface area (Å²) in [5, 5.41) is 2.99. The van der Waals surface area contributed by atoms with Crippen LogP contribution in [0.25, 0.3) is 0 Å². The molecule has 3 rings (SSSR count). The molecule has 1 heterocycles. The van der Waals surface area contributed by atoms with Crippen molar-refractivity contribution in [2.75, 3.05) is 43.6 Å². The van der Waals surface area contributed by atoms with Gasteiger partial charge in [0.2, 0.25) is 11.8 Å². The molecule has 0 atom stereocenters. The number of methoxy groups -OCH3 is 1. The van der Waals surface area contributed by atoms with Gasteiger partial charge in [-0.2, -0.15) is 0 Å². The van der Waals surface area contributed by atoms with Crippen molar-refractivity contribution in [3.05, 3.63) is 60.2 Å². The van der Waals surface area contributed by atoms with Gasteiger partial charge >= 0.3 is 0 Å². The van der Waals surface area contributed by atoms with E-state index in [9.17, 15) is 9.59 Å². The zero-order valence-electron chi connectivity index (χ0n) is 16.3. The number of rotatable bonds is 9. The Bertz CT molecular complexity index is 795. The van der Waals surface area contributed by atoms with Crippen molar-refractivity contribution in [2.45, 2.75) is 19.4 Å². The Balaban J connectivity index is 1.66. The van der Waals surface area contributed by atoms with Gasteiger partial charge in [-0.1, -0.05) is 42.5 Å². The summed E-state index contributed by atoms with van der Waals surface area (Å²) in [5.74, 6) is -0.00127. The molecule has 0 unspecified atom stereocenters. The molecule has 148 valence electrons. The highest BCUT2D eigenvalue weighted by atomic mass is 16.5. The van der Waals surface area contributed by atoms with Crippen LogP contribution in [-0.2, 0) is 20.9 Å². The fraction of sp³-hybridized carbons (Fsp3) is 0.364. The van der Waals surface area contributed by atoms with Crippen LogP contribution in [0.3, 0.4) is 0 Å². The quantitative estimate of drug-likeness (QED) is 0.726. The Hall–Kier alpha value is -2.70. The maximum Gasteiger partial charge on any atom is 0.238 e. The minimum atomic E-state index is -0.105. The summed E-state index contributed by atoms with van der Waals surface area (Å²) in [5.41, 5.74) is 2.59. The average molecular weight is 381 g/mol. The summed E-state index contributed by atoms with van der Waals surface area (Å²) >= 11 is 0. The van der Waals surface area contributed by atoms with Crippen molar-refractivity contribution in [2.24, 2.45) is 0 Å². The maximum atomic E-state index is 12.7. The van der Waals surface area contributed by atoms with Crippen LogP contribution < -0.4 is 10.2 Å². The standard InChI is InChI=1S/C22H27N3O3/c1-28-15-14-24(16-18-8-3-2-4-9-18)17-21(26)23-19-10-5-6-11-20(19)25-13-7-12-22(25)27/h2-6,8-11H,7,12-17H2,1H3,(H,23,26). The van der Waals surface area contributed by atoms with Crippen LogP contribution in [-0.4, -0.2) is 50.1 Å². The molecule has 1 N–H and O–H groups in total. The predicted octanol–water partition coefficient (Wildman–Crippen LogP) is 2.90. The van der Waals surface area contributed by atoms with Gasteiger partial charge in [-0.15, -0.1) is 0 Å². The molecule has 2 amide bonds. The minimum Gasteiger partial charge on any atom is -0.383 e. The van der Waals surface area contributed by atoms with E-state index in [0.29, 0.717) is 38.3 Å². The van der Waals surface area contributed by atoms with Crippen LogP contribution in [0.5, 0.6) is 0 Å². The zero-order chi connectivity index (χ0) is 19.8. The van der Waals surface area contributed by atoms with E-state index >= 15 is 0 Å². The van der Waals surface area contributed by atoms with E-state index in [1.807, 2.05) is 54.6 Å². The lowest BCUT2D eigenvalue weighted by molar-refractivity contribution is -0.118. The van der Waals surface area contributed by atoms with Gasteiger partial charge in [0, 0.05) is 33.2 Å². The van der Waals surface area contributed by atoms with Gasteiger partial charge in [0.05, 0.1) is 24.5 Å². The number of carbonyl (C=O) groups is 2. The lowest BCUT2D eigenvalue weighted by atomic mass is 10.2. The number of anilines is 2. The largest absolute Gasteiger partial charge is 0.383 e. The average Bonchev–Trinajstić information content (AvgIpc) is 3.13. The Labute approximate surface area is 166 Å². The van der Waals surface area contributed by atoms with Crippen LogP contribution in [0.15, 0.2) is 54.6 Å². The third kappa shape index (κ3) is 5.41. The topological polar surface area (TPSA) is 61.9 Å². The van der Waals surface area contributed by atoms with Crippen LogP contribution in [0.2, 0.25) is 0 Å². The first-order valence-electron chi connectivity index (χ1n) is 9.62. The van der Waals surface area contributed by atoms with Gasteiger partial charge in [0.15, 0.2) is 0 Å². The smallest absolute Gasteiger partial charge is 0.238 e. The number of nitrogens with one attached hydrogen (secondary N) is 1. The fourth-order valence-electron chi connectivity index (χ4n) is 3.39. The monoisotopic (exact) mass is 381 g/mol. The van der Waals surface area contributed by atoms with E-state index in [2.05, 4.69) is 10.2 Å². The van der Waals surface area contributed by atoms with E-state index < -0.39 is 0 Å². The van der Waals surface area contributed by atoms with E-state index in [0.717, 1.165) is 17.7 Å². The molecule has 0 bridgehead atoms. The minimum absolute atomic E-state index is 0.104. The molecule has 1 aliphatic heterocycles. The molecule has 0 spiro atoms. The maximum absolute atomic E-state index is 12.7. The molecule has 0 saturated carbocycles. The molecule has 28 heavy (non-hydrogen) atoms. The normalized spacial score (nSPS) is 13.9. The van der Waals surface area contributed by atoms with Crippen LogP contribution >= 0.6 is 0 Å². The van der Waals surface area contributed by atoms with Crippen LogP contribution in [0, 0.1) is 0 Å². The number of amides is 2. The molecule has 1 aliphatic rings. The third-order valence-corrected chi connectivity index (χ3v) is 4.77. The molecule has 0 aromatic heterocycles. The van der Waals surface area contributed by atoms with Crippen LogP contribution in [0.4, 0.5) is 11.4 Å². The van der Waals surface area contributed by atoms with Gasteiger partial charge in [-0.25, -0.2) is 0 Å². The number of para-hydroxylation sites is 2. The number of benzene rings is 2. The molecule has 0 aliphatic carbocycles. The van der Waals surface area contributed by atoms with Gasteiger partial charge in [-0.3, -0.25) is 14.5 Å². The number of hydrogen-bond donors (Lipinski definition) is 1. The van der Waals surface area contributed by atoms with Gasteiger partial charge in [0.1, 0.15) is 0 Å².